The van der Waals surface area contributed by atoms with E-state index in [1.54, 1.807) is 6.92 Å². The highest BCUT2D eigenvalue weighted by Crippen LogP contribution is 2.18. The van der Waals surface area contributed by atoms with E-state index in [2.05, 4.69) is 24.1 Å². The van der Waals surface area contributed by atoms with Crippen LogP contribution in [0.25, 0.3) is 0 Å². The summed E-state index contributed by atoms with van der Waals surface area (Å²) in [5, 5.41) is 4.41. The number of nitrogens with one attached hydrogen (secondary N) is 1. The van der Waals surface area contributed by atoms with Gasteiger partial charge in [0.05, 0.1) is 12.6 Å². The number of thiazole rings is 1. The molecule has 1 aromatic carbocycles. The summed E-state index contributed by atoms with van der Waals surface area (Å²) in [7, 11) is 0. The van der Waals surface area contributed by atoms with Crippen molar-refractivity contribution in [3.05, 3.63) is 52.0 Å². The third kappa shape index (κ3) is 8.96. The molecule has 1 aromatic heterocycles. The number of ether oxygens (including phenoxy) is 2. The van der Waals surface area contributed by atoms with Crippen molar-refractivity contribution in [2.24, 2.45) is 5.92 Å². The van der Waals surface area contributed by atoms with E-state index in [9.17, 15) is 14.4 Å². The molecule has 33 heavy (non-hydrogen) atoms. The molecule has 1 amide bonds. The molecule has 0 saturated heterocycles. The van der Waals surface area contributed by atoms with Crippen LogP contribution in [0.3, 0.4) is 0 Å². The number of rotatable bonds is 13. The van der Waals surface area contributed by atoms with Crippen LogP contribution in [0.15, 0.2) is 35.7 Å². The zero-order chi connectivity index (χ0) is 24.2. The average molecular weight is 475 g/mol. The van der Waals surface area contributed by atoms with Crippen molar-refractivity contribution in [3.63, 3.8) is 0 Å². The largest absolute Gasteiger partial charge is 0.461 e. The topological polar surface area (TPSA) is 94.6 Å². The maximum Gasteiger partial charge on any atom is 0.408 e. The number of esters is 1. The summed E-state index contributed by atoms with van der Waals surface area (Å²) in [5.41, 5.74) is 1.19. The van der Waals surface area contributed by atoms with E-state index in [1.807, 2.05) is 37.3 Å². The number of benzene rings is 1. The Kier molecular flexibility index (Phi) is 11.0. The Hall–Kier alpha value is -2.74. The highest BCUT2D eigenvalue weighted by Gasteiger charge is 2.27. The molecule has 0 bridgehead atoms. The molecule has 2 atom stereocenters. The molecule has 0 aliphatic heterocycles. The van der Waals surface area contributed by atoms with Gasteiger partial charge in [-0.05, 0) is 31.2 Å². The van der Waals surface area contributed by atoms with E-state index in [-0.39, 0.29) is 29.2 Å². The van der Waals surface area contributed by atoms with Gasteiger partial charge in [0.1, 0.15) is 6.10 Å². The zero-order valence-electron chi connectivity index (χ0n) is 19.8. The second-order valence-corrected chi connectivity index (χ2v) is 9.17. The third-order valence-electron chi connectivity index (χ3n) is 4.97. The van der Waals surface area contributed by atoms with Crippen LogP contribution in [-0.2, 0) is 15.9 Å². The molecule has 1 unspecified atom stereocenters. The number of carbonyl (C=O) groups excluding carboxylic acids is 3. The Morgan fingerprint density at radius 3 is 2.48 bits per heavy atom. The molecule has 0 saturated carbocycles. The lowest BCUT2D eigenvalue weighted by Crippen LogP contribution is -2.42. The Balaban J connectivity index is 2.08. The smallest absolute Gasteiger partial charge is 0.408 e. The van der Waals surface area contributed by atoms with Gasteiger partial charge < -0.3 is 14.8 Å². The Bertz CT molecular complexity index is 897. The molecule has 1 heterocycles. The average Bonchev–Trinajstić information content (AvgIpc) is 3.27. The lowest BCUT2D eigenvalue weighted by molar-refractivity contribution is 0.0520. The Labute approximate surface area is 199 Å². The molecule has 0 fully saturated rings. The monoisotopic (exact) mass is 474 g/mol. The first-order chi connectivity index (χ1) is 15.8. The molecule has 0 radical (unpaired) electrons. The molecule has 8 heteroatoms. The Morgan fingerprint density at radius 1 is 1.12 bits per heavy atom. The summed E-state index contributed by atoms with van der Waals surface area (Å²) in [5.74, 6) is -0.548. The highest BCUT2D eigenvalue weighted by atomic mass is 32.1. The number of Topliss-reactive ketones (excluding diaryl/α,β-unsaturated/α-hetero) is 1. The number of carbonyl (C=O) groups is 3. The normalized spacial score (nSPS) is 12.8. The fourth-order valence-corrected chi connectivity index (χ4v) is 4.20. The fraction of sp³-hybridized carbons (Fsp3) is 0.520. The van der Waals surface area contributed by atoms with Gasteiger partial charge in [-0.15, -0.1) is 11.3 Å². The predicted octanol–water partition coefficient (Wildman–Crippen LogP) is 5.44. The van der Waals surface area contributed by atoms with Gasteiger partial charge in [0.2, 0.25) is 5.78 Å². The number of amides is 1. The molecule has 180 valence electrons. The van der Waals surface area contributed by atoms with Crippen molar-refractivity contribution in [1.29, 1.82) is 0 Å². The number of nitrogens with zero attached hydrogens (tertiary/aromatic N) is 1. The van der Waals surface area contributed by atoms with E-state index < -0.39 is 18.1 Å². The maximum absolute atomic E-state index is 13.1. The van der Waals surface area contributed by atoms with Gasteiger partial charge in [-0.1, -0.05) is 63.9 Å². The lowest BCUT2D eigenvalue weighted by atomic mass is 9.99. The zero-order valence-corrected chi connectivity index (χ0v) is 20.7. The molecular weight excluding hydrogens is 440 g/mol. The van der Waals surface area contributed by atoms with Crippen LogP contribution in [0, 0.1) is 5.92 Å². The summed E-state index contributed by atoms with van der Waals surface area (Å²) in [6.45, 7) is 8.11. The van der Waals surface area contributed by atoms with Gasteiger partial charge in [-0.3, -0.25) is 4.79 Å². The van der Waals surface area contributed by atoms with E-state index >= 15 is 0 Å². The van der Waals surface area contributed by atoms with Crippen LogP contribution in [0.1, 0.15) is 79.2 Å². The number of alkyl carbamates (subject to hydrolysis) is 1. The number of hydrogen-bond acceptors (Lipinski definition) is 7. The van der Waals surface area contributed by atoms with Crippen molar-refractivity contribution in [1.82, 2.24) is 10.3 Å². The van der Waals surface area contributed by atoms with Gasteiger partial charge >= 0.3 is 12.1 Å². The predicted molar refractivity (Wildman–Crippen MR) is 129 cm³/mol. The molecule has 1 N–H and O–H groups in total. The fourth-order valence-electron chi connectivity index (χ4n) is 3.42. The van der Waals surface area contributed by atoms with Crippen LogP contribution in [0.2, 0.25) is 0 Å². The van der Waals surface area contributed by atoms with Crippen LogP contribution in [0.4, 0.5) is 4.79 Å². The van der Waals surface area contributed by atoms with Gasteiger partial charge in [-0.2, -0.15) is 0 Å². The summed E-state index contributed by atoms with van der Waals surface area (Å²) >= 11 is 1.07. The van der Waals surface area contributed by atoms with E-state index in [4.69, 9.17) is 9.47 Å². The van der Waals surface area contributed by atoms with Crippen molar-refractivity contribution >= 4 is 29.2 Å². The number of unbranched alkanes of at least 4 members (excludes halogenated alkanes) is 1. The summed E-state index contributed by atoms with van der Waals surface area (Å²) < 4.78 is 10.7. The molecule has 0 aliphatic rings. The minimum Gasteiger partial charge on any atom is -0.461 e. The lowest BCUT2D eigenvalue weighted by Gasteiger charge is -2.22. The first-order valence-corrected chi connectivity index (χ1v) is 12.4. The van der Waals surface area contributed by atoms with Crippen molar-refractivity contribution < 1.29 is 23.9 Å². The van der Waals surface area contributed by atoms with E-state index in [0.29, 0.717) is 25.2 Å². The Morgan fingerprint density at radius 2 is 1.85 bits per heavy atom. The molecular formula is C25H34N2O5S. The summed E-state index contributed by atoms with van der Waals surface area (Å²) in [6.07, 6.45) is 2.49. The van der Waals surface area contributed by atoms with Gasteiger partial charge in [-0.25, -0.2) is 14.6 Å². The SMILES string of the molecule is CCCC[C@H](NC(=O)OC(Cc1ccccc1)CC(C)C)C(=O)c1nc(C(=O)OCC)cs1. The molecule has 2 rings (SSSR count). The van der Waals surface area contributed by atoms with Crippen molar-refractivity contribution in [3.8, 4) is 0 Å². The van der Waals surface area contributed by atoms with E-state index in [1.165, 1.54) is 5.38 Å². The van der Waals surface area contributed by atoms with E-state index in [0.717, 1.165) is 29.7 Å². The van der Waals surface area contributed by atoms with Crippen molar-refractivity contribution in [2.45, 2.75) is 71.9 Å². The molecule has 2 aromatic rings. The van der Waals surface area contributed by atoms with Crippen LogP contribution in [0.5, 0.6) is 0 Å². The third-order valence-corrected chi connectivity index (χ3v) is 5.83. The summed E-state index contributed by atoms with van der Waals surface area (Å²) in [4.78, 5) is 41.8. The number of hydrogen-bond donors (Lipinski definition) is 1. The second-order valence-electron chi connectivity index (χ2n) is 8.31. The van der Waals surface area contributed by atoms with Crippen LogP contribution in [-0.4, -0.2) is 41.6 Å². The summed E-state index contributed by atoms with van der Waals surface area (Å²) in [6, 6.07) is 9.11. The first-order valence-electron chi connectivity index (χ1n) is 11.5. The number of ketones is 1. The highest BCUT2D eigenvalue weighted by molar-refractivity contribution is 7.12. The quantitative estimate of drug-likeness (QED) is 0.307. The van der Waals surface area contributed by atoms with Crippen LogP contribution < -0.4 is 5.32 Å². The van der Waals surface area contributed by atoms with Crippen molar-refractivity contribution in [2.75, 3.05) is 6.61 Å². The molecule has 7 nitrogen and oxygen atoms in total. The minimum atomic E-state index is -0.768. The first kappa shape index (κ1) is 26.5. The van der Waals surface area contributed by atoms with Gasteiger partial charge in [0.25, 0.3) is 0 Å². The molecule has 0 spiro atoms. The standard InChI is InChI=1S/C25H34N2O5S/c1-5-7-13-20(22(28)23-26-21(16-33-23)24(29)31-6-2)27-25(30)32-19(14-17(3)4)15-18-11-9-8-10-12-18/h8-12,16-17,19-20H,5-7,13-15H2,1-4H3,(H,27,30)/t19?,20-/m0/s1. The minimum absolute atomic E-state index is 0.0990. The number of aromatic nitrogens is 1. The maximum atomic E-state index is 13.1. The van der Waals surface area contributed by atoms with Crippen LogP contribution >= 0.6 is 11.3 Å². The van der Waals surface area contributed by atoms with Gasteiger partial charge in [0.15, 0.2) is 10.7 Å². The second kappa shape index (κ2) is 13.7. The van der Waals surface area contributed by atoms with Gasteiger partial charge in [0, 0.05) is 11.8 Å². The molecule has 0 aliphatic carbocycles.